The van der Waals surface area contributed by atoms with Crippen LogP contribution in [0.2, 0.25) is 0 Å². The minimum atomic E-state index is -0.0864. The van der Waals surface area contributed by atoms with Crippen LogP contribution in [0.4, 0.5) is 0 Å². The molecule has 3 heteroatoms. The quantitative estimate of drug-likeness (QED) is 0.139. The second-order valence-electron chi connectivity index (χ2n) is 17.2. The largest absolute Gasteiger partial charge is 0.295 e. The Morgan fingerprint density at radius 3 is 2.23 bits per heavy atom. The van der Waals surface area contributed by atoms with Crippen molar-refractivity contribution < 1.29 is 4.57 Å². The summed E-state index contributed by atoms with van der Waals surface area (Å²) in [5.41, 5.74) is 10.3. The fourth-order valence-electron chi connectivity index (χ4n) is 11.4. The van der Waals surface area contributed by atoms with Gasteiger partial charge in [0.1, 0.15) is 5.54 Å². The molecular weight excluding hydrogens is 649 g/mol. The minimum Gasteiger partial charge on any atom is -0.216 e. The Bertz CT molecular complexity index is 2260. The zero-order valence-electron chi connectivity index (χ0n) is 32.4. The van der Waals surface area contributed by atoms with Gasteiger partial charge in [0, 0.05) is 26.5 Å². The first-order valence-corrected chi connectivity index (χ1v) is 21.9. The van der Waals surface area contributed by atoms with Crippen LogP contribution < -0.4 is 4.57 Å². The van der Waals surface area contributed by atoms with E-state index in [1.807, 2.05) is 0 Å². The van der Waals surface area contributed by atoms with Gasteiger partial charge in [0.25, 0.3) is 5.82 Å². The van der Waals surface area contributed by atoms with Crippen LogP contribution in [-0.4, -0.2) is 4.57 Å². The molecule has 0 bridgehead atoms. The van der Waals surface area contributed by atoms with Gasteiger partial charge in [-0.1, -0.05) is 121 Å². The van der Waals surface area contributed by atoms with E-state index in [-0.39, 0.29) is 11.0 Å². The van der Waals surface area contributed by atoms with Crippen LogP contribution in [0, 0.1) is 5.92 Å². The molecule has 3 heterocycles. The molecule has 2 aromatic heterocycles. The van der Waals surface area contributed by atoms with Crippen LogP contribution in [0.25, 0.3) is 48.3 Å². The SMILES string of the molecule is CCCCC1CCC(c2cc(C3CCCCC3)c(-n3c4[n+](c5ccccc53)C(C)(CC)C(C)(CC)c3ccccc3-4)c3sc4ccccc4c23)CC1. The molecule has 2 unspecified atom stereocenters. The van der Waals surface area contributed by atoms with Gasteiger partial charge in [-0.15, -0.1) is 11.3 Å². The Hall–Kier alpha value is -3.43. The van der Waals surface area contributed by atoms with Crippen molar-refractivity contribution in [2.45, 2.75) is 147 Å². The Morgan fingerprint density at radius 2 is 1.46 bits per heavy atom. The van der Waals surface area contributed by atoms with E-state index in [0.29, 0.717) is 11.8 Å². The molecule has 2 nitrogen and oxygen atoms in total. The van der Waals surface area contributed by atoms with Crippen molar-refractivity contribution in [3.63, 3.8) is 0 Å². The molecular formula is C49H59N2S+. The monoisotopic (exact) mass is 707 g/mol. The summed E-state index contributed by atoms with van der Waals surface area (Å²) >= 11 is 2.07. The van der Waals surface area contributed by atoms with Crippen molar-refractivity contribution in [3.8, 4) is 17.1 Å². The molecule has 0 amide bonds. The molecule has 0 radical (unpaired) electrons. The predicted octanol–water partition coefficient (Wildman–Crippen LogP) is 14.3. The average molecular weight is 708 g/mol. The summed E-state index contributed by atoms with van der Waals surface area (Å²) < 4.78 is 8.57. The summed E-state index contributed by atoms with van der Waals surface area (Å²) in [6, 6.07) is 31.0. The highest BCUT2D eigenvalue weighted by atomic mass is 32.1. The smallest absolute Gasteiger partial charge is 0.216 e. The van der Waals surface area contributed by atoms with E-state index in [9.17, 15) is 0 Å². The third-order valence-electron chi connectivity index (χ3n) is 14.8. The average Bonchev–Trinajstić information content (AvgIpc) is 3.76. The van der Waals surface area contributed by atoms with Crippen LogP contribution in [0.3, 0.4) is 0 Å². The van der Waals surface area contributed by atoms with Crippen LogP contribution >= 0.6 is 11.3 Å². The number of unbranched alkanes of at least 4 members (excludes halogenated alkanes) is 1. The van der Waals surface area contributed by atoms with Crippen molar-refractivity contribution in [3.05, 3.63) is 95.6 Å². The predicted molar refractivity (Wildman–Crippen MR) is 223 cm³/mol. The van der Waals surface area contributed by atoms with Crippen molar-refractivity contribution in [1.82, 2.24) is 4.57 Å². The first-order valence-electron chi connectivity index (χ1n) is 21.1. The van der Waals surface area contributed by atoms with Crippen LogP contribution in [0.1, 0.15) is 153 Å². The molecule has 6 aromatic rings. The topological polar surface area (TPSA) is 8.81 Å². The number of aromatic nitrogens is 2. The first kappa shape index (κ1) is 34.3. The highest BCUT2D eigenvalue weighted by Gasteiger charge is 2.56. The molecule has 0 saturated heterocycles. The Kier molecular flexibility index (Phi) is 8.89. The second kappa shape index (κ2) is 13.5. The third kappa shape index (κ3) is 5.04. The van der Waals surface area contributed by atoms with Gasteiger partial charge in [0.2, 0.25) is 0 Å². The number of hydrogen-bond acceptors (Lipinski definition) is 1. The van der Waals surface area contributed by atoms with Crippen molar-refractivity contribution >= 4 is 42.5 Å². The third-order valence-corrected chi connectivity index (χ3v) is 16.0. The molecule has 3 aliphatic rings. The van der Waals surface area contributed by atoms with E-state index in [1.165, 1.54) is 126 Å². The number of fused-ring (bicyclic) bond motifs is 8. The number of benzene rings is 4. The number of imidazole rings is 1. The summed E-state index contributed by atoms with van der Waals surface area (Å²) in [4.78, 5) is 0. The Balaban J connectivity index is 1.39. The standard InChI is InChI=1S/C49H59N2S/c1-6-9-19-33-28-30-35(31-29-33)38-32-39(34-20-11-10-12-21-34)45(46-44(38)37-23-14-18-27-43(37)52-46)50-41-25-16-17-26-42(41)51-47(50)36-22-13-15-24-40(36)48(4,7-2)49(51,5)8-3/h13-18,22-27,32-35H,6-12,19-21,28-31H2,1-5H3/q+1. The van der Waals surface area contributed by atoms with Gasteiger partial charge in [0.15, 0.2) is 16.7 Å². The highest BCUT2D eigenvalue weighted by Crippen LogP contribution is 2.54. The number of nitrogens with zero attached hydrogens (tertiary/aromatic N) is 2. The summed E-state index contributed by atoms with van der Waals surface area (Å²) in [7, 11) is 0. The normalized spacial score (nSPS) is 25.2. The maximum absolute atomic E-state index is 2.81. The van der Waals surface area contributed by atoms with E-state index in [1.54, 1.807) is 16.5 Å². The van der Waals surface area contributed by atoms with Crippen LogP contribution in [-0.2, 0) is 11.0 Å². The van der Waals surface area contributed by atoms with Crippen LogP contribution in [0.15, 0.2) is 78.9 Å². The molecule has 1 aliphatic heterocycles. The van der Waals surface area contributed by atoms with E-state index in [2.05, 4.69) is 134 Å². The second-order valence-corrected chi connectivity index (χ2v) is 18.3. The van der Waals surface area contributed by atoms with Gasteiger partial charge in [-0.05, 0) is 111 Å². The lowest BCUT2D eigenvalue weighted by atomic mass is 9.61. The van der Waals surface area contributed by atoms with E-state index >= 15 is 0 Å². The van der Waals surface area contributed by atoms with Gasteiger partial charge in [-0.2, -0.15) is 4.57 Å². The minimum absolute atomic E-state index is 0.00389. The number of para-hydroxylation sites is 2. The van der Waals surface area contributed by atoms with E-state index in [0.717, 1.165) is 18.8 Å². The van der Waals surface area contributed by atoms with Gasteiger partial charge in [-0.3, -0.25) is 0 Å². The van der Waals surface area contributed by atoms with Gasteiger partial charge in [-0.25, -0.2) is 4.57 Å². The number of rotatable bonds is 8. The molecule has 2 atom stereocenters. The lowest BCUT2D eigenvalue weighted by Gasteiger charge is -2.47. The van der Waals surface area contributed by atoms with E-state index in [4.69, 9.17) is 0 Å². The molecule has 2 saturated carbocycles. The van der Waals surface area contributed by atoms with Gasteiger partial charge in [0.05, 0.1) is 10.3 Å². The molecule has 2 fully saturated rings. The lowest BCUT2D eigenvalue weighted by molar-refractivity contribution is -0.743. The Labute approximate surface area is 316 Å². The Morgan fingerprint density at radius 1 is 0.750 bits per heavy atom. The van der Waals surface area contributed by atoms with Gasteiger partial charge < -0.3 is 0 Å². The molecule has 9 rings (SSSR count). The van der Waals surface area contributed by atoms with E-state index < -0.39 is 0 Å². The summed E-state index contributed by atoms with van der Waals surface area (Å²) in [5.74, 6) is 3.54. The first-order chi connectivity index (χ1) is 25.4. The number of hydrogen-bond donors (Lipinski definition) is 0. The zero-order chi connectivity index (χ0) is 35.6. The summed E-state index contributed by atoms with van der Waals surface area (Å²) in [6.45, 7) is 12.3. The molecule has 270 valence electrons. The number of thiophene rings is 1. The highest BCUT2D eigenvalue weighted by molar-refractivity contribution is 7.26. The fraction of sp³-hybridized carbons (Fsp3) is 0.490. The summed E-state index contributed by atoms with van der Waals surface area (Å²) in [5, 5.41) is 3.03. The molecule has 4 aromatic carbocycles. The molecule has 0 spiro atoms. The van der Waals surface area contributed by atoms with Gasteiger partial charge >= 0.3 is 0 Å². The van der Waals surface area contributed by atoms with Crippen LogP contribution in [0.5, 0.6) is 0 Å². The van der Waals surface area contributed by atoms with Crippen molar-refractivity contribution in [1.29, 1.82) is 0 Å². The summed E-state index contributed by atoms with van der Waals surface area (Å²) in [6.07, 6.45) is 18.4. The maximum atomic E-state index is 2.81. The van der Waals surface area contributed by atoms with Crippen molar-refractivity contribution in [2.75, 3.05) is 0 Å². The zero-order valence-corrected chi connectivity index (χ0v) is 33.3. The molecule has 2 aliphatic carbocycles. The van der Waals surface area contributed by atoms with Crippen molar-refractivity contribution in [2.24, 2.45) is 5.92 Å². The lowest BCUT2D eigenvalue weighted by Crippen LogP contribution is -2.67. The fourth-order valence-corrected chi connectivity index (χ4v) is 12.7. The maximum Gasteiger partial charge on any atom is 0.295 e. The molecule has 0 N–H and O–H groups in total. The molecule has 52 heavy (non-hydrogen) atoms.